The van der Waals surface area contributed by atoms with Crippen molar-refractivity contribution in [2.24, 2.45) is 0 Å². The Kier molecular flexibility index (Phi) is 3.48. The van der Waals surface area contributed by atoms with Crippen LogP contribution in [0.25, 0.3) is 22.2 Å². The molecule has 0 amide bonds. The molecular weight excluding hydrogens is 262 g/mol. The number of para-hydroxylation sites is 1. The Morgan fingerprint density at radius 3 is 2.48 bits per heavy atom. The van der Waals surface area contributed by atoms with Crippen LogP contribution in [0.2, 0.25) is 0 Å². The monoisotopic (exact) mass is 279 g/mol. The summed E-state index contributed by atoms with van der Waals surface area (Å²) in [6.45, 7) is 2.00. The van der Waals surface area contributed by atoms with Crippen molar-refractivity contribution in [1.29, 1.82) is 0 Å². The molecule has 3 heteroatoms. The van der Waals surface area contributed by atoms with Gasteiger partial charge in [0, 0.05) is 16.6 Å². The number of hydrogen-bond donors (Lipinski definition) is 0. The average molecular weight is 279 g/mol. The smallest absolute Gasteiger partial charge is 0.149 e. The molecule has 0 fully saturated rings. The van der Waals surface area contributed by atoms with Gasteiger partial charge in [0.05, 0.1) is 13.7 Å². The number of ketones is 1. The minimum absolute atomic E-state index is 0.145. The SMILES string of the molecule is COc1ccc(-c2cc3ccccc3n2CC(C)=O)cc1. The molecule has 1 aromatic heterocycles. The van der Waals surface area contributed by atoms with Gasteiger partial charge in [-0.1, -0.05) is 18.2 Å². The van der Waals surface area contributed by atoms with E-state index in [1.807, 2.05) is 42.5 Å². The van der Waals surface area contributed by atoms with Crippen LogP contribution in [0.4, 0.5) is 0 Å². The van der Waals surface area contributed by atoms with Gasteiger partial charge in [-0.25, -0.2) is 0 Å². The summed E-state index contributed by atoms with van der Waals surface area (Å²) in [5.74, 6) is 0.971. The summed E-state index contributed by atoms with van der Waals surface area (Å²) in [7, 11) is 1.65. The number of methoxy groups -OCH3 is 1. The Hall–Kier alpha value is -2.55. The number of carbonyl (C=O) groups excluding carboxylic acids is 1. The molecule has 0 atom stereocenters. The highest BCUT2D eigenvalue weighted by molar-refractivity contribution is 5.89. The summed E-state index contributed by atoms with van der Waals surface area (Å²) >= 11 is 0. The van der Waals surface area contributed by atoms with Gasteiger partial charge in [0.25, 0.3) is 0 Å². The van der Waals surface area contributed by atoms with Crippen molar-refractivity contribution in [3.05, 3.63) is 54.6 Å². The van der Waals surface area contributed by atoms with Crippen LogP contribution in [-0.4, -0.2) is 17.5 Å². The lowest BCUT2D eigenvalue weighted by molar-refractivity contribution is -0.117. The molecule has 0 saturated carbocycles. The third kappa shape index (κ3) is 2.55. The zero-order valence-electron chi connectivity index (χ0n) is 12.2. The third-order valence-corrected chi connectivity index (χ3v) is 3.58. The van der Waals surface area contributed by atoms with Crippen LogP contribution in [0.3, 0.4) is 0 Å². The molecule has 3 aromatic rings. The lowest BCUT2D eigenvalue weighted by Crippen LogP contribution is -2.07. The van der Waals surface area contributed by atoms with Crippen molar-refractivity contribution in [3.63, 3.8) is 0 Å². The van der Waals surface area contributed by atoms with Crippen molar-refractivity contribution in [2.75, 3.05) is 7.11 Å². The fraction of sp³-hybridized carbons (Fsp3) is 0.167. The Bertz CT molecular complexity index is 785. The van der Waals surface area contributed by atoms with Gasteiger partial charge in [0.15, 0.2) is 0 Å². The first kappa shape index (κ1) is 13.4. The van der Waals surface area contributed by atoms with Crippen LogP contribution < -0.4 is 4.74 Å². The quantitative estimate of drug-likeness (QED) is 0.725. The van der Waals surface area contributed by atoms with Gasteiger partial charge >= 0.3 is 0 Å². The number of benzene rings is 2. The molecule has 0 radical (unpaired) electrons. The molecule has 3 nitrogen and oxygen atoms in total. The number of carbonyl (C=O) groups is 1. The minimum Gasteiger partial charge on any atom is -0.497 e. The van der Waals surface area contributed by atoms with Crippen LogP contribution in [0.1, 0.15) is 6.92 Å². The minimum atomic E-state index is 0.145. The molecular formula is C18H17NO2. The fourth-order valence-corrected chi connectivity index (χ4v) is 2.60. The molecule has 0 aliphatic rings. The molecule has 0 bridgehead atoms. The van der Waals surface area contributed by atoms with E-state index in [4.69, 9.17) is 4.74 Å². The van der Waals surface area contributed by atoms with Crippen molar-refractivity contribution in [2.45, 2.75) is 13.5 Å². The molecule has 0 unspecified atom stereocenters. The maximum atomic E-state index is 11.6. The lowest BCUT2D eigenvalue weighted by Gasteiger charge is -2.09. The highest BCUT2D eigenvalue weighted by Crippen LogP contribution is 2.29. The first-order valence-corrected chi connectivity index (χ1v) is 6.91. The summed E-state index contributed by atoms with van der Waals surface area (Å²) in [6, 6.07) is 18.2. The highest BCUT2D eigenvalue weighted by Gasteiger charge is 2.11. The van der Waals surface area contributed by atoms with Crippen molar-refractivity contribution in [1.82, 2.24) is 4.57 Å². The van der Waals surface area contributed by atoms with E-state index in [1.165, 1.54) is 0 Å². The van der Waals surface area contributed by atoms with E-state index in [-0.39, 0.29) is 5.78 Å². The van der Waals surface area contributed by atoms with Crippen LogP contribution in [-0.2, 0) is 11.3 Å². The van der Waals surface area contributed by atoms with E-state index in [9.17, 15) is 4.79 Å². The maximum Gasteiger partial charge on any atom is 0.149 e. The standard InChI is InChI=1S/C18H17NO2/c1-13(20)12-19-17-6-4-3-5-15(17)11-18(19)14-7-9-16(21-2)10-8-14/h3-11H,12H2,1-2H3. The molecule has 1 heterocycles. The van der Waals surface area contributed by atoms with E-state index >= 15 is 0 Å². The van der Waals surface area contributed by atoms with Gasteiger partial charge in [-0.05, 0) is 48.9 Å². The third-order valence-electron chi connectivity index (χ3n) is 3.58. The van der Waals surface area contributed by atoms with Crippen molar-refractivity contribution in [3.8, 4) is 17.0 Å². The normalized spacial score (nSPS) is 10.8. The second kappa shape index (κ2) is 5.44. The number of hydrogen-bond acceptors (Lipinski definition) is 2. The lowest BCUT2D eigenvalue weighted by atomic mass is 10.1. The van der Waals surface area contributed by atoms with Gasteiger partial charge in [0.2, 0.25) is 0 Å². The number of Topliss-reactive ketones (excluding diaryl/α,β-unsaturated/α-hetero) is 1. The molecule has 2 aromatic carbocycles. The first-order valence-electron chi connectivity index (χ1n) is 6.91. The zero-order chi connectivity index (χ0) is 14.8. The van der Waals surface area contributed by atoms with Crippen molar-refractivity contribution >= 4 is 16.7 Å². The van der Waals surface area contributed by atoms with Gasteiger partial charge in [-0.3, -0.25) is 4.79 Å². The second-order valence-electron chi connectivity index (χ2n) is 5.11. The summed E-state index contributed by atoms with van der Waals surface area (Å²) in [4.78, 5) is 11.6. The first-order chi connectivity index (χ1) is 10.2. The zero-order valence-corrected chi connectivity index (χ0v) is 12.2. The van der Waals surface area contributed by atoms with Gasteiger partial charge in [-0.15, -0.1) is 0 Å². The number of fused-ring (bicyclic) bond motifs is 1. The molecule has 0 aliphatic heterocycles. The summed E-state index contributed by atoms with van der Waals surface area (Å²) < 4.78 is 7.27. The number of rotatable bonds is 4. The van der Waals surface area contributed by atoms with Crippen molar-refractivity contribution < 1.29 is 9.53 Å². The fourth-order valence-electron chi connectivity index (χ4n) is 2.60. The molecule has 0 aliphatic carbocycles. The van der Waals surface area contributed by atoms with E-state index in [2.05, 4.69) is 16.7 Å². The van der Waals surface area contributed by atoms with E-state index in [0.717, 1.165) is 27.9 Å². The molecule has 0 spiro atoms. The molecule has 3 rings (SSSR count). The van der Waals surface area contributed by atoms with Crippen LogP contribution in [0.15, 0.2) is 54.6 Å². The number of aromatic nitrogens is 1. The average Bonchev–Trinajstić information content (AvgIpc) is 2.86. The Morgan fingerprint density at radius 2 is 1.81 bits per heavy atom. The largest absolute Gasteiger partial charge is 0.497 e. The van der Waals surface area contributed by atoms with E-state index in [0.29, 0.717) is 6.54 Å². The molecule has 106 valence electrons. The number of ether oxygens (including phenoxy) is 1. The second-order valence-corrected chi connectivity index (χ2v) is 5.11. The van der Waals surface area contributed by atoms with E-state index < -0.39 is 0 Å². The Labute approximate surface area is 123 Å². The Morgan fingerprint density at radius 1 is 1.10 bits per heavy atom. The van der Waals surface area contributed by atoms with Gasteiger partial charge in [0.1, 0.15) is 11.5 Å². The summed E-state index contributed by atoms with van der Waals surface area (Å²) in [6.07, 6.45) is 0. The van der Waals surface area contributed by atoms with E-state index in [1.54, 1.807) is 14.0 Å². The summed E-state index contributed by atoms with van der Waals surface area (Å²) in [5, 5.41) is 1.14. The molecule has 0 N–H and O–H groups in total. The molecule has 21 heavy (non-hydrogen) atoms. The predicted molar refractivity (Wildman–Crippen MR) is 84.6 cm³/mol. The van der Waals surface area contributed by atoms with Gasteiger partial charge in [-0.2, -0.15) is 0 Å². The summed E-state index contributed by atoms with van der Waals surface area (Å²) in [5.41, 5.74) is 3.21. The molecule has 0 saturated heterocycles. The van der Waals surface area contributed by atoms with Crippen LogP contribution in [0, 0.1) is 0 Å². The van der Waals surface area contributed by atoms with Crippen LogP contribution in [0.5, 0.6) is 5.75 Å². The van der Waals surface area contributed by atoms with Gasteiger partial charge < -0.3 is 9.30 Å². The Balaban J connectivity index is 2.17. The number of nitrogens with zero attached hydrogens (tertiary/aromatic N) is 1. The highest BCUT2D eigenvalue weighted by atomic mass is 16.5. The maximum absolute atomic E-state index is 11.6. The van der Waals surface area contributed by atoms with Crippen LogP contribution >= 0.6 is 0 Å². The topological polar surface area (TPSA) is 31.2 Å². The predicted octanol–water partition coefficient (Wildman–Crippen LogP) is 3.91.